The molecular weight excluding hydrogens is 469 g/mol. The topological polar surface area (TPSA) is 95.6 Å². The van der Waals surface area contributed by atoms with Crippen LogP contribution in [0.5, 0.6) is 5.75 Å². The number of fused-ring (bicyclic) bond motifs is 2. The highest BCUT2D eigenvalue weighted by atomic mass is 19.1. The first-order valence-corrected chi connectivity index (χ1v) is 11.9. The first kappa shape index (κ1) is 22.8. The minimum absolute atomic E-state index is 0.300. The van der Waals surface area contributed by atoms with Gasteiger partial charge in [-0.1, -0.05) is 18.2 Å². The summed E-state index contributed by atoms with van der Waals surface area (Å²) in [6.45, 7) is 1.41. The van der Waals surface area contributed by atoms with Crippen molar-refractivity contribution < 1.29 is 9.13 Å². The van der Waals surface area contributed by atoms with E-state index in [1.807, 2.05) is 50.6 Å². The van der Waals surface area contributed by atoms with E-state index < -0.39 is 0 Å². The van der Waals surface area contributed by atoms with Crippen molar-refractivity contribution in [3.8, 4) is 39.5 Å². The fourth-order valence-corrected chi connectivity index (χ4v) is 4.29. The van der Waals surface area contributed by atoms with E-state index in [1.54, 1.807) is 18.5 Å². The molecule has 2 N–H and O–H groups in total. The van der Waals surface area contributed by atoms with Crippen molar-refractivity contribution in [2.45, 2.75) is 0 Å². The van der Waals surface area contributed by atoms with Gasteiger partial charge in [-0.15, -0.1) is 0 Å². The van der Waals surface area contributed by atoms with Crippen LogP contribution in [0.15, 0.2) is 73.2 Å². The average molecular weight is 494 g/mol. The number of benzene rings is 2. The van der Waals surface area contributed by atoms with Crippen LogP contribution in [-0.4, -0.2) is 62.3 Å². The third-order valence-corrected chi connectivity index (χ3v) is 6.16. The quantitative estimate of drug-likeness (QED) is 0.313. The lowest BCUT2D eigenvalue weighted by molar-refractivity contribution is 0.261. The van der Waals surface area contributed by atoms with Crippen LogP contribution in [0.1, 0.15) is 0 Å². The number of likely N-dealkylation sites (N-methyl/N-ethyl adjacent to an activating group) is 1. The molecule has 4 aromatic heterocycles. The van der Waals surface area contributed by atoms with E-state index in [0.29, 0.717) is 29.3 Å². The van der Waals surface area contributed by atoms with Crippen LogP contribution in [0.3, 0.4) is 0 Å². The second-order valence-electron chi connectivity index (χ2n) is 9.05. The Balaban J connectivity index is 1.38. The van der Waals surface area contributed by atoms with Crippen LogP contribution in [0.25, 0.3) is 55.8 Å². The Morgan fingerprint density at radius 3 is 2.76 bits per heavy atom. The molecule has 8 nitrogen and oxygen atoms in total. The Kier molecular flexibility index (Phi) is 5.82. The summed E-state index contributed by atoms with van der Waals surface area (Å²) in [7, 11) is 4.02. The van der Waals surface area contributed by atoms with Crippen molar-refractivity contribution in [1.82, 2.24) is 35.0 Å². The number of pyridine rings is 2. The first-order valence-electron chi connectivity index (χ1n) is 11.9. The molecule has 6 aromatic rings. The summed E-state index contributed by atoms with van der Waals surface area (Å²) in [5.74, 6) is 0.999. The highest BCUT2D eigenvalue weighted by Gasteiger charge is 2.17. The van der Waals surface area contributed by atoms with Crippen molar-refractivity contribution in [3.05, 3.63) is 79.0 Å². The van der Waals surface area contributed by atoms with E-state index in [4.69, 9.17) is 9.72 Å². The molecule has 184 valence electrons. The molecule has 9 heteroatoms. The maximum absolute atomic E-state index is 13.9. The summed E-state index contributed by atoms with van der Waals surface area (Å²) < 4.78 is 19.7. The van der Waals surface area contributed by atoms with E-state index in [1.165, 1.54) is 12.1 Å². The number of nitrogens with one attached hydrogen (secondary N) is 2. The van der Waals surface area contributed by atoms with Gasteiger partial charge in [0.15, 0.2) is 11.5 Å². The Morgan fingerprint density at radius 1 is 0.973 bits per heavy atom. The molecule has 37 heavy (non-hydrogen) atoms. The number of rotatable bonds is 7. The third-order valence-electron chi connectivity index (χ3n) is 6.16. The second kappa shape index (κ2) is 9.44. The van der Waals surface area contributed by atoms with Crippen molar-refractivity contribution >= 4 is 22.1 Å². The molecule has 0 aliphatic heterocycles. The molecular formula is C28H24FN7O. The molecule has 2 aromatic carbocycles. The number of nitrogens with zero attached hydrogens (tertiary/aromatic N) is 5. The van der Waals surface area contributed by atoms with Crippen molar-refractivity contribution in [2.24, 2.45) is 0 Å². The molecule has 0 saturated heterocycles. The van der Waals surface area contributed by atoms with Gasteiger partial charge in [0.2, 0.25) is 0 Å². The van der Waals surface area contributed by atoms with Crippen molar-refractivity contribution in [2.75, 3.05) is 27.2 Å². The van der Waals surface area contributed by atoms with Crippen LogP contribution < -0.4 is 4.74 Å². The van der Waals surface area contributed by atoms with Gasteiger partial charge >= 0.3 is 0 Å². The lowest BCUT2D eigenvalue weighted by atomic mass is 10.0. The number of hydrogen-bond acceptors (Lipinski definition) is 6. The Bertz CT molecular complexity index is 1720. The van der Waals surface area contributed by atoms with E-state index in [9.17, 15) is 4.39 Å². The minimum atomic E-state index is -0.300. The normalized spacial score (nSPS) is 11.6. The zero-order valence-electron chi connectivity index (χ0n) is 20.4. The van der Waals surface area contributed by atoms with Gasteiger partial charge in [-0.2, -0.15) is 5.10 Å². The Hall–Kier alpha value is -4.63. The summed E-state index contributed by atoms with van der Waals surface area (Å²) in [6.07, 6.45) is 5.22. The second-order valence-corrected chi connectivity index (χ2v) is 9.05. The zero-order chi connectivity index (χ0) is 25.4. The Morgan fingerprint density at radius 2 is 1.89 bits per heavy atom. The molecule has 0 spiro atoms. The summed E-state index contributed by atoms with van der Waals surface area (Å²) in [5.41, 5.74) is 6.27. The van der Waals surface area contributed by atoms with Crippen molar-refractivity contribution in [3.63, 3.8) is 0 Å². The van der Waals surface area contributed by atoms with Gasteiger partial charge in [-0.05, 0) is 61.6 Å². The van der Waals surface area contributed by atoms with Gasteiger partial charge in [0.1, 0.15) is 29.4 Å². The van der Waals surface area contributed by atoms with E-state index in [2.05, 4.69) is 36.1 Å². The highest BCUT2D eigenvalue weighted by molar-refractivity contribution is 5.97. The molecule has 0 fully saturated rings. The van der Waals surface area contributed by atoms with Gasteiger partial charge in [0, 0.05) is 35.5 Å². The maximum atomic E-state index is 13.9. The standard InChI is InChI=1S/C28H24FN7O/c1-36(2)10-11-37-21-13-19(15-30-16-21)17-6-7-24-23(14-17)26(35-34-24)28-32-25-22(8-9-31-27(25)33-28)18-4-3-5-20(29)12-18/h3-9,12-16H,10-11H2,1-2H3,(H,34,35)(H,31,32,33). The van der Waals surface area contributed by atoms with Gasteiger partial charge < -0.3 is 14.6 Å². The van der Waals surface area contributed by atoms with Gasteiger partial charge in [0.25, 0.3) is 0 Å². The van der Waals surface area contributed by atoms with E-state index in [0.717, 1.165) is 45.5 Å². The molecule has 0 saturated carbocycles. The molecule has 4 heterocycles. The summed E-state index contributed by atoms with van der Waals surface area (Å²) >= 11 is 0. The van der Waals surface area contributed by atoms with Gasteiger partial charge in [0.05, 0.1) is 11.7 Å². The smallest absolute Gasteiger partial charge is 0.160 e. The van der Waals surface area contributed by atoms with E-state index >= 15 is 0 Å². The first-order chi connectivity index (χ1) is 18.0. The molecule has 6 rings (SSSR count). The van der Waals surface area contributed by atoms with Crippen LogP contribution >= 0.6 is 0 Å². The molecule has 0 atom stereocenters. The van der Waals surface area contributed by atoms with Crippen molar-refractivity contribution in [1.29, 1.82) is 0 Å². The van der Waals surface area contributed by atoms with Gasteiger partial charge in [-0.25, -0.2) is 14.4 Å². The fourth-order valence-electron chi connectivity index (χ4n) is 4.29. The lowest BCUT2D eigenvalue weighted by Gasteiger charge is -2.11. The van der Waals surface area contributed by atoms with E-state index in [-0.39, 0.29) is 5.82 Å². The number of aromatic amines is 2. The number of halogens is 1. The Labute approximate surface area is 212 Å². The molecule has 0 aliphatic carbocycles. The number of H-pyrrole nitrogens is 2. The van der Waals surface area contributed by atoms with Crippen LogP contribution in [0.2, 0.25) is 0 Å². The fraction of sp³-hybridized carbons (Fsp3) is 0.143. The molecule has 0 aliphatic rings. The monoisotopic (exact) mass is 493 g/mol. The maximum Gasteiger partial charge on any atom is 0.160 e. The highest BCUT2D eigenvalue weighted by Crippen LogP contribution is 2.33. The number of aromatic nitrogens is 6. The SMILES string of the molecule is CN(C)CCOc1cncc(-c2ccc3[nH]nc(-c4nc5c(-c6cccc(F)c6)ccnc5[nH]4)c3c2)c1. The number of ether oxygens (including phenoxy) is 1. The number of hydrogen-bond donors (Lipinski definition) is 2. The minimum Gasteiger partial charge on any atom is -0.491 e. The average Bonchev–Trinajstić information content (AvgIpc) is 3.52. The zero-order valence-corrected chi connectivity index (χ0v) is 20.4. The van der Waals surface area contributed by atoms with Gasteiger partial charge in [-0.3, -0.25) is 10.1 Å². The van der Waals surface area contributed by atoms with Crippen LogP contribution in [0.4, 0.5) is 4.39 Å². The molecule has 0 bridgehead atoms. The van der Waals surface area contributed by atoms with Crippen LogP contribution in [0, 0.1) is 5.82 Å². The summed E-state index contributed by atoms with van der Waals surface area (Å²) in [5, 5.41) is 8.53. The number of imidazole rings is 1. The lowest BCUT2D eigenvalue weighted by Crippen LogP contribution is -2.19. The van der Waals surface area contributed by atoms with Crippen LogP contribution in [-0.2, 0) is 0 Å². The third kappa shape index (κ3) is 4.52. The molecule has 0 unspecified atom stereocenters. The molecule has 0 amide bonds. The molecule has 0 radical (unpaired) electrons. The largest absolute Gasteiger partial charge is 0.491 e. The predicted octanol–water partition coefficient (Wildman–Crippen LogP) is 5.31. The summed E-state index contributed by atoms with van der Waals surface area (Å²) in [6, 6.07) is 16.3. The summed E-state index contributed by atoms with van der Waals surface area (Å²) in [4.78, 5) is 19.0. The predicted molar refractivity (Wildman–Crippen MR) is 142 cm³/mol.